The summed E-state index contributed by atoms with van der Waals surface area (Å²) < 4.78 is 31.2. The van der Waals surface area contributed by atoms with Gasteiger partial charge >= 0.3 is 5.97 Å². The highest BCUT2D eigenvalue weighted by Crippen LogP contribution is 2.32. The number of hydrogen-bond acceptors (Lipinski definition) is 5. The third-order valence-electron chi connectivity index (χ3n) is 6.44. The third kappa shape index (κ3) is 6.96. The molecule has 0 aliphatic heterocycles. The number of aryl methyl sites for hydroxylation is 3. The van der Waals surface area contributed by atoms with E-state index >= 15 is 4.39 Å². The number of nitrogens with zero attached hydrogens (tertiary/aromatic N) is 2. The van der Waals surface area contributed by atoms with Crippen LogP contribution in [0, 0.1) is 31.4 Å². The molecular formula is C29H32F2N4O5. The molecule has 0 aliphatic rings. The second kappa shape index (κ2) is 12.6. The normalized spacial score (nSPS) is 12.6. The van der Waals surface area contributed by atoms with E-state index in [1.54, 1.807) is 40.1 Å². The molecule has 0 saturated carbocycles. The summed E-state index contributed by atoms with van der Waals surface area (Å²) in [6, 6.07) is 2.50. The van der Waals surface area contributed by atoms with E-state index in [0.29, 0.717) is 22.3 Å². The number of carboxylic acids is 1. The van der Waals surface area contributed by atoms with Gasteiger partial charge in [0.15, 0.2) is 11.6 Å². The standard InChI is InChI=1S/C29H32F2N4O5/c1-15(2)9-23(34-27(38)19-7-6-8-35(5)29(19)40)28(39)33-22(12-24(36)37)20-10-18(11-21(30)26(20)31)25-16(3)13-32-14-17(25)4/h6-8,10-11,13-15,22-23H,9,12H2,1-5H3,(H,33,39)(H,34,38)(H,36,37)/t22-,23-/m0/s1. The largest absolute Gasteiger partial charge is 0.481 e. The number of aromatic nitrogens is 2. The van der Waals surface area contributed by atoms with Crippen molar-refractivity contribution >= 4 is 17.8 Å². The lowest BCUT2D eigenvalue weighted by Gasteiger charge is -2.25. The molecule has 0 aliphatic carbocycles. The lowest BCUT2D eigenvalue weighted by Crippen LogP contribution is -2.49. The predicted molar refractivity (Wildman–Crippen MR) is 145 cm³/mol. The number of rotatable bonds is 10. The molecule has 3 aromatic rings. The van der Waals surface area contributed by atoms with Crippen molar-refractivity contribution in [1.82, 2.24) is 20.2 Å². The maximum Gasteiger partial charge on any atom is 0.305 e. The van der Waals surface area contributed by atoms with Gasteiger partial charge in [0.25, 0.3) is 11.5 Å². The fourth-order valence-electron chi connectivity index (χ4n) is 4.56. The van der Waals surface area contributed by atoms with Crippen LogP contribution in [0.5, 0.6) is 0 Å². The first kappa shape index (κ1) is 30.1. The number of benzene rings is 1. The van der Waals surface area contributed by atoms with E-state index in [0.717, 1.165) is 6.07 Å². The number of halogens is 2. The number of hydrogen-bond donors (Lipinski definition) is 3. The van der Waals surface area contributed by atoms with Gasteiger partial charge in [0.1, 0.15) is 11.6 Å². The van der Waals surface area contributed by atoms with Crippen LogP contribution in [0.2, 0.25) is 0 Å². The van der Waals surface area contributed by atoms with Crippen LogP contribution < -0.4 is 16.2 Å². The number of amides is 2. The van der Waals surface area contributed by atoms with Crippen molar-refractivity contribution in [3.05, 3.63) is 87.1 Å². The second-order valence-electron chi connectivity index (χ2n) is 10.2. The van der Waals surface area contributed by atoms with Gasteiger partial charge in [-0.3, -0.25) is 24.2 Å². The Labute approximate surface area is 230 Å². The van der Waals surface area contributed by atoms with Crippen molar-refractivity contribution in [2.45, 2.75) is 52.6 Å². The summed E-state index contributed by atoms with van der Waals surface area (Å²) in [4.78, 5) is 54.5. The van der Waals surface area contributed by atoms with Crippen LogP contribution in [-0.4, -0.2) is 38.5 Å². The minimum absolute atomic E-state index is 0.0947. The molecular weight excluding hydrogens is 522 g/mol. The van der Waals surface area contributed by atoms with Crippen LogP contribution >= 0.6 is 0 Å². The van der Waals surface area contributed by atoms with E-state index in [1.165, 1.54) is 36.0 Å². The number of nitrogens with one attached hydrogen (secondary N) is 2. The van der Waals surface area contributed by atoms with Gasteiger partial charge in [-0.25, -0.2) is 8.78 Å². The molecule has 3 N–H and O–H groups in total. The fraction of sp³-hybridized carbons (Fsp3) is 0.345. The van der Waals surface area contributed by atoms with E-state index < -0.39 is 53.5 Å². The number of carbonyl (C=O) groups excluding carboxylic acids is 2. The number of carbonyl (C=O) groups is 3. The van der Waals surface area contributed by atoms with Gasteiger partial charge in [0, 0.05) is 31.2 Å². The third-order valence-corrected chi connectivity index (χ3v) is 6.44. The van der Waals surface area contributed by atoms with Crippen LogP contribution in [0.1, 0.15) is 59.8 Å². The molecule has 2 heterocycles. The first-order valence-electron chi connectivity index (χ1n) is 12.7. The molecule has 0 saturated heterocycles. The zero-order valence-electron chi connectivity index (χ0n) is 22.9. The van der Waals surface area contributed by atoms with Crippen molar-refractivity contribution in [2.75, 3.05) is 0 Å². The first-order chi connectivity index (χ1) is 18.8. The lowest BCUT2D eigenvalue weighted by molar-refractivity contribution is -0.137. The Morgan fingerprint density at radius 1 is 1.07 bits per heavy atom. The summed E-state index contributed by atoms with van der Waals surface area (Å²) in [6.07, 6.45) is 4.00. The van der Waals surface area contributed by atoms with Crippen LogP contribution in [0.3, 0.4) is 0 Å². The van der Waals surface area contributed by atoms with E-state index in [9.17, 15) is 28.7 Å². The molecule has 11 heteroatoms. The van der Waals surface area contributed by atoms with E-state index in [1.807, 2.05) is 0 Å². The summed E-state index contributed by atoms with van der Waals surface area (Å²) in [5, 5.41) is 14.6. The van der Waals surface area contributed by atoms with E-state index in [4.69, 9.17) is 0 Å². The SMILES string of the molecule is Cc1cncc(C)c1-c1cc(F)c(F)c([C@H](CC(=O)O)NC(=O)[C@H](CC(C)C)NC(=O)c2cccn(C)c2=O)c1. The van der Waals surface area contributed by atoms with Gasteiger partial charge in [0.05, 0.1) is 12.5 Å². The highest BCUT2D eigenvalue weighted by atomic mass is 19.2. The molecule has 1 aromatic carbocycles. The van der Waals surface area contributed by atoms with Crippen molar-refractivity contribution < 1.29 is 28.3 Å². The molecule has 0 spiro atoms. The smallest absolute Gasteiger partial charge is 0.305 e. The molecule has 0 unspecified atom stereocenters. The van der Waals surface area contributed by atoms with Crippen molar-refractivity contribution in [3.8, 4) is 11.1 Å². The average Bonchev–Trinajstić information content (AvgIpc) is 2.86. The van der Waals surface area contributed by atoms with Crippen molar-refractivity contribution in [2.24, 2.45) is 13.0 Å². The monoisotopic (exact) mass is 554 g/mol. The molecule has 9 nitrogen and oxygen atoms in total. The van der Waals surface area contributed by atoms with Crippen molar-refractivity contribution in [3.63, 3.8) is 0 Å². The number of carboxylic acid groups (broad SMARTS) is 1. The highest BCUT2D eigenvalue weighted by Gasteiger charge is 2.30. The summed E-state index contributed by atoms with van der Waals surface area (Å²) in [7, 11) is 1.48. The topological polar surface area (TPSA) is 130 Å². The predicted octanol–water partition coefficient (Wildman–Crippen LogP) is 3.82. The molecule has 2 amide bonds. The Morgan fingerprint density at radius 3 is 2.33 bits per heavy atom. The summed E-state index contributed by atoms with van der Waals surface area (Å²) >= 11 is 0. The van der Waals surface area contributed by atoms with Crippen LogP contribution in [0.15, 0.2) is 47.7 Å². The Morgan fingerprint density at radius 2 is 1.73 bits per heavy atom. The highest BCUT2D eigenvalue weighted by molar-refractivity contribution is 5.97. The van der Waals surface area contributed by atoms with Gasteiger partial charge in [-0.15, -0.1) is 0 Å². The maximum atomic E-state index is 15.1. The molecule has 0 radical (unpaired) electrons. The molecule has 0 fully saturated rings. The zero-order chi connectivity index (χ0) is 29.7. The van der Waals surface area contributed by atoms with Gasteiger partial charge in [-0.1, -0.05) is 13.8 Å². The first-order valence-corrected chi connectivity index (χ1v) is 12.7. The minimum atomic E-state index is -1.46. The Kier molecular flexibility index (Phi) is 9.51. The summed E-state index contributed by atoms with van der Waals surface area (Å²) in [6.45, 7) is 7.12. The minimum Gasteiger partial charge on any atom is -0.481 e. The van der Waals surface area contributed by atoms with Gasteiger partial charge in [-0.2, -0.15) is 0 Å². The number of pyridine rings is 2. The van der Waals surface area contributed by atoms with Gasteiger partial charge < -0.3 is 20.3 Å². The molecule has 212 valence electrons. The van der Waals surface area contributed by atoms with Gasteiger partial charge in [-0.05, 0) is 72.7 Å². The van der Waals surface area contributed by atoms with E-state index in [-0.39, 0.29) is 23.5 Å². The van der Waals surface area contributed by atoms with Crippen LogP contribution in [0.4, 0.5) is 8.78 Å². The molecule has 40 heavy (non-hydrogen) atoms. The molecule has 2 atom stereocenters. The molecule has 0 bridgehead atoms. The fourth-order valence-corrected chi connectivity index (χ4v) is 4.56. The maximum absolute atomic E-state index is 15.1. The van der Waals surface area contributed by atoms with Crippen LogP contribution in [0.25, 0.3) is 11.1 Å². The van der Waals surface area contributed by atoms with Crippen LogP contribution in [-0.2, 0) is 16.6 Å². The quantitative estimate of drug-likeness (QED) is 0.349. The van der Waals surface area contributed by atoms with Gasteiger partial charge in [0.2, 0.25) is 5.91 Å². The molecule has 2 aromatic heterocycles. The Balaban J connectivity index is 2.00. The lowest BCUT2D eigenvalue weighted by atomic mass is 9.93. The summed E-state index contributed by atoms with van der Waals surface area (Å²) in [5.41, 5.74) is 1.19. The summed E-state index contributed by atoms with van der Waals surface area (Å²) in [5.74, 6) is -5.55. The number of aliphatic carboxylic acids is 1. The Hall–Kier alpha value is -4.41. The average molecular weight is 555 g/mol. The second-order valence-corrected chi connectivity index (χ2v) is 10.2. The van der Waals surface area contributed by atoms with E-state index in [2.05, 4.69) is 15.6 Å². The molecule has 3 rings (SSSR count). The zero-order valence-corrected chi connectivity index (χ0v) is 22.9. The van der Waals surface area contributed by atoms with Crippen molar-refractivity contribution in [1.29, 1.82) is 0 Å². The Bertz CT molecular complexity index is 1480.